The molecule has 2 heterocycles. The number of para-hydroxylation sites is 1. The number of hydrogen-bond donors (Lipinski definition) is 1. The average molecular weight is 350 g/mol. The van der Waals surface area contributed by atoms with Gasteiger partial charge >= 0.3 is 6.09 Å². The van der Waals surface area contributed by atoms with E-state index in [1.165, 1.54) is 11.1 Å². The van der Waals surface area contributed by atoms with E-state index in [1.807, 2.05) is 43.9 Å². The van der Waals surface area contributed by atoms with Crippen molar-refractivity contribution >= 4 is 11.8 Å². The van der Waals surface area contributed by atoms with Crippen molar-refractivity contribution in [2.45, 2.75) is 44.9 Å². The number of anilines is 1. The zero-order valence-electron chi connectivity index (χ0n) is 15.6. The van der Waals surface area contributed by atoms with E-state index in [0.717, 1.165) is 18.7 Å². The molecule has 2 aliphatic heterocycles. The van der Waals surface area contributed by atoms with E-state index in [9.17, 15) is 4.79 Å². The van der Waals surface area contributed by atoms with Gasteiger partial charge in [-0.3, -0.25) is 0 Å². The Hall–Kier alpha value is -2.49. The molecule has 4 nitrogen and oxygen atoms in total. The number of fused-ring (bicyclic) bond motifs is 3. The number of carbonyl (C=O) groups is 1. The number of hydrogen-bond acceptors (Lipinski definition) is 3. The largest absolute Gasteiger partial charge is 0.444 e. The van der Waals surface area contributed by atoms with Gasteiger partial charge in [0.1, 0.15) is 5.60 Å². The number of nitrogens with zero attached hydrogens (tertiary/aromatic N) is 1. The molecule has 1 fully saturated rings. The van der Waals surface area contributed by atoms with Crippen LogP contribution in [0.5, 0.6) is 0 Å². The van der Waals surface area contributed by atoms with Crippen molar-refractivity contribution in [2.24, 2.45) is 5.92 Å². The number of benzene rings is 2. The molecule has 0 radical (unpaired) electrons. The molecular formula is C22H26N2O2. The topological polar surface area (TPSA) is 41.6 Å². The minimum atomic E-state index is -0.486. The molecule has 0 saturated carbocycles. The number of nitrogens with one attached hydrogen (secondary N) is 1. The van der Waals surface area contributed by atoms with Crippen molar-refractivity contribution in [1.82, 2.24) is 4.90 Å². The van der Waals surface area contributed by atoms with Gasteiger partial charge < -0.3 is 15.0 Å². The van der Waals surface area contributed by atoms with E-state index in [-0.39, 0.29) is 18.2 Å². The van der Waals surface area contributed by atoms with Gasteiger partial charge in [0.05, 0.1) is 12.1 Å². The van der Waals surface area contributed by atoms with E-state index in [0.29, 0.717) is 5.92 Å². The third-order valence-corrected chi connectivity index (χ3v) is 5.25. The van der Waals surface area contributed by atoms with Gasteiger partial charge in [-0.05, 0) is 44.4 Å². The van der Waals surface area contributed by atoms with E-state index < -0.39 is 5.60 Å². The molecule has 0 bridgehead atoms. The lowest BCUT2D eigenvalue weighted by atomic mass is 9.80. The summed E-state index contributed by atoms with van der Waals surface area (Å²) < 4.78 is 5.69. The Balaban J connectivity index is 1.72. The van der Waals surface area contributed by atoms with Crippen molar-refractivity contribution in [3.63, 3.8) is 0 Å². The fourth-order valence-electron chi connectivity index (χ4n) is 4.24. The van der Waals surface area contributed by atoms with Crippen LogP contribution in [0.3, 0.4) is 0 Å². The highest BCUT2D eigenvalue weighted by Gasteiger charge is 2.47. The molecule has 2 aliphatic rings. The zero-order chi connectivity index (χ0) is 18.3. The Morgan fingerprint density at radius 2 is 1.77 bits per heavy atom. The molecule has 4 heteroatoms. The molecule has 0 aliphatic carbocycles. The first-order valence-corrected chi connectivity index (χ1v) is 9.34. The van der Waals surface area contributed by atoms with Crippen LogP contribution < -0.4 is 5.32 Å². The lowest BCUT2D eigenvalue weighted by Crippen LogP contribution is -2.40. The molecule has 2 aromatic rings. The smallest absolute Gasteiger partial charge is 0.410 e. The Bertz CT molecular complexity index is 797. The summed E-state index contributed by atoms with van der Waals surface area (Å²) in [6, 6.07) is 19.1. The Kier molecular flexibility index (Phi) is 4.14. The Morgan fingerprint density at radius 1 is 1.08 bits per heavy atom. The monoisotopic (exact) mass is 350 g/mol. The van der Waals surface area contributed by atoms with Gasteiger partial charge in [0, 0.05) is 18.2 Å². The van der Waals surface area contributed by atoms with Gasteiger partial charge in [-0.2, -0.15) is 0 Å². The van der Waals surface area contributed by atoms with Crippen molar-refractivity contribution < 1.29 is 9.53 Å². The summed E-state index contributed by atoms with van der Waals surface area (Å²) in [5, 5.41) is 3.71. The molecule has 2 aromatic carbocycles. The fourth-order valence-corrected chi connectivity index (χ4v) is 4.24. The zero-order valence-corrected chi connectivity index (χ0v) is 15.6. The predicted octanol–water partition coefficient (Wildman–Crippen LogP) is 5.15. The lowest BCUT2D eigenvalue weighted by Gasteiger charge is -2.40. The molecule has 4 rings (SSSR count). The molecule has 26 heavy (non-hydrogen) atoms. The second kappa shape index (κ2) is 6.35. The van der Waals surface area contributed by atoms with Crippen molar-refractivity contribution in [3.05, 3.63) is 65.7 Å². The van der Waals surface area contributed by atoms with Crippen LogP contribution in [-0.2, 0) is 4.74 Å². The standard InChI is InChI=1S/C22H26N2O2/c1-22(2,3)26-21(25)24-14-13-17-19(15-9-5-4-6-10-15)23-18-12-8-7-11-16(18)20(17)24/h4-12,17,19-20,23H,13-14H2,1-3H3/t17-,19+,20+/m0/s1. The number of ether oxygens (including phenoxy) is 1. The van der Waals surface area contributed by atoms with E-state index in [4.69, 9.17) is 4.74 Å². The average Bonchev–Trinajstić information content (AvgIpc) is 3.06. The molecular weight excluding hydrogens is 324 g/mol. The van der Waals surface area contributed by atoms with Gasteiger partial charge in [0.25, 0.3) is 0 Å². The maximum Gasteiger partial charge on any atom is 0.410 e. The first-order chi connectivity index (χ1) is 12.4. The highest BCUT2D eigenvalue weighted by atomic mass is 16.6. The SMILES string of the molecule is CC(C)(C)OC(=O)N1CC[C@H]2[C@@H](c3ccccc3)Nc3ccccc3[C@H]21. The maximum absolute atomic E-state index is 12.9. The van der Waals surface area contributed by atoms with E-state index >= 15 is 0 Å². The number of rotatable bonds is 1. The van der Waals surface area contributed by atoms with Crippen LogP contribution in [-0.4, -0.2) is 23.1 Å². The first-order valence-electron chi connectivity index (χ1n) is 9.34. The lowest BCUT2D eigenvalue weighted by molar-refractivity contribution is 0.0198. The third kappa shape index (κ3) is 3.05. The molecule has 136 valence electrons. The molecule has 0 unspecified atom stereocenters. The molecule has 3 atom stereocenters. The summed E-state index contributed by atoms with van der Waals surface area (Å²) in [7, 11) is 0. The third-order valence-electron chi connectivity index (χ3n) is 5.25. The van der Waals surface area contributed by atoms with Crippen LogP contribution >= 0.6 is 0 Å². The van der Waals surface area contributed by atoms with Crippen LogP contribution in [0.25, 0.3) is 0 Å². The predicted molar refractivity (Wildman–Crippen MR) is 103 cm³/mol. The highest BCUT2D eigenvalue weighted by Crippen LogP contribution is 2.51. The van der Waals surface area contributed by atoms with Crippen LogP contribution in [0.15, 0.2) is 54.6 Å². The van der Waals surface area contributed by atoms with Crippen LogP contribution in [0.2, 0.25) is 0 Å². The van der Waals surface area contributed by atoms with Crippen molar-refractivity contribution in [1.29, 1.82) is 0 Å². The quantitative estimate of drug-likeness (QED) is 0.773. The van der Waals surface area contributed by atoms with Crippen LogP contribution in [0, 0.1) is 5.92 Å². The van der Waals surface area contributed by atoms with Gasteiger partial charge in [0.15, 0.2) is 0 Å². The molecule has 1 amide bonds. The van der Waals surface area contributed by atoms with E-state index in [2.05, 4.69) is 41.7 Å². The normalized spacial score (nSPS) is 24.4. The summed E-state index contributed by atoms with van der Waals surface area (Å²) in [5.41, 5.74) is 3.08. The van der Waals surface area contributed by atoms with Crippen molar-refractivity contribution in [2.75, 3.05) is 11.9 Å². The molecule has 0 aromatic heterocycles. The number of carbonyl (C=O) groups excluding carboxylic acids is 1. The molecule has 1 saturated heterocycles. The summed E-state index contributed by atoms with van der Waals surface area (Å²) in [5.74, 6) is 0.333. The molecule has 0 spiro atoms. The highest BCUT2D eigenvalue weighted by molar-refractivity contribution is 5.71. The summed E-state index contributed by atoms with van der Waals surface area (Å²) in [6.07, 6.45) is 0.749. The van der Waals surface area contributed by atoms with Gasteiger partial charge in [-0.15, -0.1) is 0 Å². The van der Waals surface area contributed by atoms with Crippen LogP contribution in [0.4, 0.5) is 10.5 Å². The number of likely N-dealkylation sites (tertiary alicyclic amines) is 1. The minimum absolute atomic E-state index is 0.0486. The second-order valence-electron chi connectivity index (χ2n) is 8.19. The van der Waals surface area contributed by atoms with Crippen LogP contribution in [0.1, 0.15) is 50.4 Å². The van der Waals surface area contributed by atoms with Gasteiger partial charge in [-0.25, -0.2) is 4.79 Å². The van der Waals surface area contributed by atoms with E-state index in [1.54, 1.807) is 0 Å². The van der Waals surface area contributed by atoms with Crippen molar-refractivity contribution in [3.8, 4) is 0 Å². The summed E-state index contributed by atoms with van der Waals surface area (Å²) >= 11 is 0. The minimum Gasteiger partial charge on any atom is -0.444 e. The fraction of sp³-hybridized carbons (Fsp3) is 0.409. The number of amides is 1. The Morgan fingerprint density at radius 3 is 2.50 bits per heavy atom. The molecule has 1 N–H and O–H groups in total. The van der Waals surface area contributed by atoms with Gasteiger partial charge in [0.2, 0.25) is 0 Å². The Labute approximate surface area is 155 Å². The maximum atomic E-state index is 12.9. The summed E-state index contributed by atoms with van der Waals surface area (Å²) in [6.45, 7) is 6.48. The summed E-state index contributed by atoms with van der Waals surface area (Å²) in [4.78, 5) is 14.8. The first kappa shape index (κ1) is 17.0. The van der Waals surface area contributed by atoms with Gasteiger partial charge in [-0.1, -0.05) is 48.5 Å². The second-order valence-corrected chi connectivity index (χ2v) is 8.19.